The van der Waals surface area contributed by atoms with Crippen molar-refractivity contribution in [2.75, 3.05) is 0 Å². The van der Waals surface area contributed by atoms with Crippen LogP contribution in [-0.4, -0.2) is 6.29 Å². The van der Waals surface area contributed by atoms with E-state index < -0.39 is 0 Å². The fourth-order valence-corrected chi connectivity index (χ4v) is 1.70. The molecular weight excluding hydrogens is 172 g/mol. The van der Waals surface area contributed by atoms with E-state index in [1.807, 2.05) is 12.2 Å². The smallest absolute Gasteiger partial charge is 0.123 e. The predicted octanol–water partition coefficient (Wildman–Crippen LogP) is 3.21. The van der Waals surface area contributed by atoms with Crippen LogP contribution in [0.15, 0.2) is 18.2 Å². The second kappa shape index (κ2) is 4.75. The lowest BCUT2D eigenvalue weighted by molar-refractivity contribution is -0.107. The predicted molar refractivity (Wildman–Crippen MR) is 60.4 cm³/mol. The fourth-order valence-electron chi connectivity index (χ4n) is 1.70. The van der Waals surface area contributed by atoms with Crippen LogP contribution in [0.3, 0.4) is 0 Å². The highest BCUT2D eigenvalue weighted by atomic mass is 16.1. The highest BCUT2D eigenvalue weighted by Gasteiger charge is 1.99. The normalized spacial score (nSPS) is 10.8. The van der Waals surface area contributed by atoms with Gasteiger partial charge in [-0.15, -0.1) is 0 Å². The van der Waals surface area contributed by atoms with E-state index in [0.717, 1.165) is 6.29 Å². The van der Waals surface area contributed by atoms with Crippen molar-refractivity contribution in [3.05, 3.63) is 40.5 Å². The number of allylic oxidation sites excluding steroid dienone is 1. The maximum atomic E-state index is 10.2. The molecule has 1 rings (SSSR count). The summed E-state index contributed by atoms with van der Waals surface area (Å²) in [7, 11) is 0. The maximum absolute atomic E-state index is 10.2. The van der Waals surface area contributed by atoms with E-state index in [0.29, 0.717) is 6.42 Å². The Morgan fingerprint density at radius 2 is 1.71 bits per heavy atom. The third kappa shape index (κ3) is 2.56. The molecule has 14 heavy (non-hydrogen) atoms. The molecule has 1 aromatic carbocycles. The molecule has 0 radical (unpaired) electrons. The van der Waals surface area contributed by atoms with Crippen LogP contribution in [0.1, 0.15) is 28.7 Å². The molecule has 0 atom stereocenters. The Kier molecular flexibility index (Phi) is 3.63. The molecule has 0 aliphatic rings. The Bertz CT molecular complexity index is 338. The van der Waals surface area contributed by atoms with Crippen LogP contribution in [0.4, 0.5) is 0 Å². The van der Waals surface area contributed by atoms with Gasteiger partial charge in [0.25, 0.3) is 0 Å². The topological polar surface area (TPSA) is 17.1 Å². The number of hydrogen-bond donors (Lipinski definition) is 0. The molecule has 0 aromatic heterocycles. The monoisotopic (exact) mass is 188 g/mol. The Hall–Kier alpha value is -1.37. The molecule has 0 aliphatic carbocycles. The van der Waals surface area contributed by atoms with Gasteiger partial charge in [0.2, 0.25) is 0 Å². The highest BCUT2D eigenvalue weighted by molar-refractivity contribution is 5.62. The van der Waals surface area contributed by atoms with Crippen LogP contribution in [0.2, 0.25) is 0 Å². The largest absolute Gasteiger partial charge is 0.303 e. The van der Waals surface area contributed by atoms with Gasteiger partial charge in [0, 0.05) is 6.42 Å². The minimum atomic E-state index is 0.493. The minimum absolute atomic E-state index is 0.493. The summed E-state index contributed by atoms with van der Waals surface area (Å²) < 4.78 is 0. The zero-order valence-corrected chi connectivity index (χ0v) is 9.00. The molecule has 0 bridgehead atoms. The first-order valence-electron chi connectivity index (χ1n) is 4.83. The number of aryl methyl sites for hydroxylation is 3. The van der Waals surface area contributed by atoms with Gasteiger partial charge in [-0.05, 0) is 37.5 Å². The molecule has 0 heterocycles. The number of aldehydes is 1. The summed E-state index contributed by atoms with van der Waals surface area (Å²) in [6.07, 6.45) is 5.33. The summed E-state index contributed by atoms with van der Waals surface area (Å²) in [5, 5.41) is 0. The highest BCUT2D eigenvalue weighted by Crippen LogP contribution is 2.17. The zero-order chi connectivity index (χ0) is 10.6. The second-order valence-electron chi connectivity index (χ2n) is 3.62. The lowest BCUT2D eigenvalue weighted by Crippen LogP contribution is -1.88. The molecule has 0 N–H and O–H groups in total. The van der Waals surface area contributed by atoms with E-state index in [2.05, 4.69) is 32.9 Å². The van der Waals surface area contributed by atoms with Gasteiger partial charge >= 0.3 is 0 Å². The average Bonchev–Trinajstić information content (AvgIpc) is 2.09. The summed E-state index contributed by atoms with van der Waals surface area (Å²) in [6, 6.07) is 4.32. The van der Waals surface area contributed by atoms with E-state index in [4.69, 9.17) is 0 Å². The van der Waals surface area contributed by atoms with Crippen molar-refractivity contribution < 1.29 is 4.79 Å². The Morgan fingerprint density at radius 1 is 1.14 bits per heavy atom. The van der Waals surface area contributed by atoms with Crippen molar-refractivity contribution in [1.29, 1.82) is 0 Å². The molecule has 0 saturated heterocycles. The number of hydrogen-bond acceptors (Lipinski definition) is 1. The summed E-state index contributed by atoms with van der Waals surface area (Å²) in [5.74, 6) is 0. The number of carbonyl (C=O) groups excluding carboxylic acids is 1. The molecule has 0 aliphatic heterocycles. The lowest BCUT2D eigenvalue weighted by Gasteiger charge is -2.06. The molecule has 0 spiro atoms. The summed E-state index contributed by atoms with van der Waals surface area (Å²) in [6.45, 7) is 6.29. The molecule has 1 nitrogen and oxygen atoms in total. The van der Waals surface area contributed by atoms with Crippen LogP contribution >= 0.6 is 0 Å². The number of carbonyl (C=O) groups is 1. The minimum Gasteiger partial charge on any atom is -0.303 e. The van der Waals surface area contributed by atoms with Gasteiger partial charge in [0.15, 0.2) is 0 Å². The van der Waals surface area contributed by atoms with Gasteiger partial charge in [-0.2, -0.15) is 0 Å². The van der Waals surface area contributed by atoms with Crippen molar-refractivity contribution in [2.24, 2.45) is 0 Å². The van der Waals surface area contributed by atoms with Crippen molar-refractivity contribution >= 4 is 12.4 Å². The van der Waals surface area contributed by atoms with Gasteiger partial charge in [0.1, 0.15) is 6.29 Å². The second-order valence-corrected chi connectivity index (χ2v) is 3.62. The number of rotatable bonds is 3. The van der Waals surface area contributed by atoms with Crippen LogP contribution in [0, 0.1) is 20.8 Å². The van der Waals surface area contributed by atoms with Crippen molar-refractivity contribution in [3.63, 3.8) is 0 Å². The SMILES string of the molecule is Cc1cc(C)c(C=CCC=O)c(C)c1. The van der Waals surface area contributed by atoms with Crippen LogP contribution < -0.4 is 0 Å². The first-order valence-corrected chi connectivity index (χ1v) is 4.83. The zero-order valence-electron chi connectivity index (χ0n) is 9.00. The van der Waals surface area contributed by atoms with E-state index in [9.17, 15) is 4.79 Å². The molecular formula is C13H16O. The van der Waals surface area contributed by atoms with E-state index in [1.165, 1.54) is 22.3 Å². The van der Waals surface area contributed by atoms with Crippen molar-refractivity contribution in [2.45, 2.75) is 27.2 Å². The maximum Gasteiger partial charge on any atom is 0.123 e. The fraction of sp³-hybridized carbons (Fsp3) is 0.308. The Morgan fingerprint density at radius 3 is 2.21 bits per heavy atom. The summed E-state index contributed by atoms with van der Waals surface area (Å²) >= 11 is 0. The summed E-state index contributed by atoms with van der Waals surface area (Å²) in [4.78, 5) is 10.2. The van der Waals surface area contributed by atoms with E-state index in [-0.39, 0.29) is 0 Å². The first kappa shape index (κ1) is 10.7. The van der Waals surface area contributed by atoms with Crippen LogP contribution in [-0.2, 0) is 4.79 Å². The van der Waals surface area contributed by atoms with Crippen LogP contribution in [0.25, 0.3) is 6.08 Å². The first-order chi connectivity index (χ1) is 6.65. The molecule has 74 valence electrons. The van der Waals surface area contributed by atoms with Crippen LogP contribution in [0.5, 0.6) is 0 Å². The third-order valence-electron chi connectivity index (χ3n) is 2.25. The third-order valence-corrected chi connectivity index (χ3v) is 2.25. The van der Waals surface area contributed by atoms with Crippen molar-refractivity contribution in [3.8, 4) is 0 Å². The molecule has 0 unspecified atom stereocenters. The Labute approximate surface area is 85.5 Å². The molecule has 0 amide bonds. The van der Waals surface area contributed by atoms with Gasteiger partial charge in [-0.25, -0.2) is 0 Å². The molecule has 1 heteroatoms. The van der Waals surface area contributed by atoms with Gasteiger partial charge in [-0.1, -0.05) is 29.8 Å². The van der Waals surface area contributed by atoms with Crippen molar-refractivity contribution in [1.82, 2.24) is 0 Å². The van der Waals surface area contributed by atoms with E-state index in [1.54, 1.807) is 0 Å². The standard InChI is InChI=1S/C13H16O/c1-10-8-11(2)13(12(3)9-10)6-4-5-7-14/h4,6-9H,5H2,1-3H3. The molecule has 1 aromatic rings. The Balaban J connectivity index is 3.02. The van der Waals surface area contributed by atoms with Gasteiger partial charge in [0.05, 0.1) is 0 Å². The van der Waals surface area contributed by atoms with Gasteiger partial charge < -0.3 is 4.79 Å². The quantitative estimate of drug-likeness (QED) is 0.666. The van der Waals surface area contributed by atoms with Gasteiger partial charge in [-0.3, -0.25) is 0 Å². The number of benzene rings is 1. The lowest BCUT2D eigenvalue weighted by atomic mass is 9.99. The molecule has 0 fully saturated rings. The van der Waals surface area contributed by atoms with E-state index >= 15 is 0 Å². The average molecular weight is 188 g/mol. The molecule has 0 saturated carbocycles. The summed E-state index contributed by atoms with van der Waals surface area (Å²) in [5.41, 5.74) is 5.05.